The molecule has 0 saturated carbocycles. The minimum Gasteiger partial charge on any atom is -0.381 e. The van der Waals surface area contributed by atoms with Crippen molar-refractivity contribution in [1.29, 1.82) is 0 Å². The van der Waals surface area contributed by atoms with Crippen LogP contribution in [0.2, 0.25) is 0 Å². The number of hydrogen-bond donors (Lipinski definition) is 2. The van der Waals surface area contributed by atoms with Crippen molar-refractivity contribution < 1.29 is 9.53 Å². The van der Waals surface area contributed by atoms with Crippen LogP contribution in [0, 0.1) is 6.92 Å². The highest BCUT2D eigenvalue weighted by Gasteiger charge is 2.24. The van der Waals surface area contributed by atoms with Gasteiger partial charge in [-0.25, -0.2) is 0 Å². The van der Waals surface area contributed by atoms with E-state index in [0.717, 1.165) is 79.6 Å². The van der Waals surface area contributed by atoms with E-state index in [9.17, 15) is 9.59 Å². The van der Waals surface area contributed by atoms with Crippen LogP contribution in [0.4, 0.5) is 5.69 Å². The number of aromatic amines is 1. The van der Waals surface area contributed by atoms with Gasteiger partial charge in [-0.1, -0.05) is 15.9 Å². The number of nitrogens with one attached hydrogen (secondary N) is 2. The Morgan fingerprint density at radius 3 is 2.75 bits per heavy atom. The summed E-state index contributed by atoms with van der Waals surface area (Å²) in [7, 11) is 0. The van der Waals surface area contributed by atoms with Gasteiger partial charge in [-0.15, -0.1) is 0 Å². The van der Waals surface area contributed by atoms with Crippen molar-refractivity contribution in [2.45, 2.75) is 65.0 Å². The summed E-state index contributed by atoms with van der Waals surface area (Å²) in [4.78, 5) is 30.9. The van der Waals surface area contributed by atoms with Crippen LogP contribution >= 0.6 is 15.9 Å². The molecular weight excluding hydrogens is 470 g/mol. The van der Waals surface area contributed by atoms with Gasteiger partial charge in [0.05, 0.1) is 0 Å². The Labute approximate surface area is 197 Å². The summed E-state index contributed by atoms with van der Waals surface area (Å²) >= 11 is 3.61. The maximum absolute atomic E-state index is 13.2. The Morgan fingerprint density at radius 2 is 2.00 bits per heavy atom. The Hall–Kier alpha value is -2.12. The van der Waals surface area contributed by atoms with Crippen molar-refractivity contribution in [3.8, 4) is 0 Å². The molecule has 1 aliphatic heterocycles. The highest BCUT2D eigenvalue weighted by molar-refractivity contribution is 9.10. The van der Waals surface area contributed by atoms with Crippen LogP contribution in [0.15, 0.2) is 27.6 Å². The quantitative estimate of drug-likeness (QED) is 0.619. The zero-order valence-electron chi connectivity index (χ0n) is 18.9. The first-order valence-corrected chi connectivity index (χ1v) is 12.4. The fourth-order valence-corrected chi connectivity index (χ4v) is 5.53. The first-order chi connectivity index (χ1) is 15.5. The maximum Gasteiger partial charge on any atom is 0.253 e. The largest absolute Gasteiger partial charge is 0.381 e. The van der Waals surface area contributed by atoms with E-state index in [1.165, 1.54) is 5.56 Å². The molecule has 2 heterocycles. The topological polar surface area (TPSA) is 74.4 Å². The number of nitrogens with zero attached hydrogens (tertiary/aromatic N) is 1. The van der Waals surface area contributed by atoms with Gasteiger partial charge in [-0.05, 0) is 81.2 Å². The molecule has 6 nitrogen and oxygen atoms in total. The second-order valence-corrected chi connectivity index (χ2v) is 9.63. The Bertz CT molecular complexity index is 1040. The molecule has 1 aromatic heterocycles. The molecule has 7 heteroatoms. The molecule has 2 aromatic rings. The fourth-order valence-electron chi connectivity index (χ4n) is 5.08. The molecule has 1 fully saturated rings. The number of halogens is 1. The third-order valence-electron chi connectivity index (χ3n) is 6.82. The number of aryl methyl sites for hydroxylation is 1. The first-order valence-electron chi connectivity index (χ1n) is 11.6. The monoisotopic (exact) mass is 501 g/mol. The van der Waals surface area contributed by atoms with E-state index < -0.39 is 0 Å². The Morgan fingerprint density at radius 1 is 1.25 bits per heavy atom. The Balaban J connectivity index is 1.58. The number of anilines is 1. The molecule has 0 unspecified atom stereocenters. The minimum absolute atomic E-state index is 0.103. The summed E-state index contributed by atoms with van der Waals surface area (Å²) in [5.74, 6) is -0.152. The summed E-state index contributed by atoms with van der Waals surface area (Å²) in [6.07, 6.45) is 7.94. The van der Waals surface area contributed by atoms with E-state index in [1.807, 2.05) is 19.2 Å². The summed E-state index contributed by atoms with van der Waals surface area (Å²) in [5.41, 5.74) is 5.59. The lowest BCUT2D eigenvalue weighted by atomic mass is 9.90. The summed E-state index contributed by atoms with van der Waals surface area (Å²) in [6.45, 7) is 6.83. The average molecular weight is 502 g/mol. The van der Waals surface area contributed by atoms with Gasteiger partial charge in [-0.3, -0.25) is 9.59 Å². The molecule has 1 aromatic carbocycles. The number of amides is 1. The molecule has 2 N–H and O–H groups in total. The molecule has 1 saturated heterocycles. The number of H-pyrrole nitrogens is 1. The molecule has 4 rings (SSSR count). The second kappa shape index (κ2) is 10.2. The molecule has 32 heavy (non-hydrogen) atoms. The lowest BCUT2D eigenvalue weighted by Gasteiger charge is -2.36. The van der Waals surface area contributed by atoms with Crippen molar-refractivity contribution >= 4 is 27.5 Å². The lowest BCUT2D eigenvalue weighted by molar-refractivity contribution is 0.0845. The van der Waals surface area contributed by atoms with Gasteiger partial charge in [-0.2, -0.15) is 0 Å². The van der Waals surface area contributed by atoms with Crippen molar-refractivity contribution in [2.24, 2.45) is 0 Å². The predicted molar refractivity (Wildman–Crippen MR) is 131 cm³/mol. The van der Waals surface area contributed by atoms with E-state index in [0.29, 0.717) is 17.2 Å². The van der Waals surface area contributed by atoms with Gasteiger partial charge in [0, 0.05) is 59.8 Å². The smallest absolute Gasteiger partial charge is 0.253 e. The number of fused-ring (bicyclic) bond motifs is 1. The summed E-state index contributed by atoms with van der Waals surface area (Å²) in [5, 5.41) is 3.02. The normalized spacial score (nSPS) is 16.5. The molecule has 1 amide bonds. The molecule has 0 bridgehead atoms. The Kier molecular flexibility index (Phi) is 7.36. The standard InChI is InChI=1S/C25H32BrN3O3/c1-3-29(19-8-10-32-11-9-19)23-13-18(26)12-21(16(23)2)24(30)28-15-22-20-7-5-4-6-17(20)14-27-25(22)31/h12-14,19H,3-11,15H2,1-2H3,(H,27,31)(H,28,30). The zero-order valence-corrected chi connectivity index (χ0v) is 20.5. The van der Waals surface area contributed by atoms with Crippen LogP contribution in [0.5, 0.6) is 0 Å². The van der Waals surface area contributed by atoms with Crippen molar-refractivity contribution in [3.63, 3.8) is 0 Å². The van der Waals surface area contributed by atoms with E-state index >= 15 is 0 Å². The molecule has 0 radical (unpaired) electrons. The third kappa shape index (κ3) is 4.79. The van der Waals surface area contributed by atoms with Crippen molar-refractivity contribution in [3.05, 3.63) is 61.0 Å². The number of rotatable bonds is 6. The molecular formula is C25H32BrN3O3. The number of carbonyl (C=O) groups excluding carboxylic acids is 1. The predicted octanol–water partition coefficient (Wildman–Crippen LogP) is 4.26. The third-order valence-corrected chi connectivity index (χ3v) is 7.28. The van der Waals surface area contributed by atoms with Crippen LogP contribution < -0.4 is 15.8 Å². The first kappa shape index (κ1) is 23.1. The molecule has 0 atom stereocenters. The highest BCUT2D eigenvalue weighted by Crippen LogP contribution is 2.32. The van der Waals surface area contributed by atoms with E-state index in [1.54, 1.807) is 0 Å². The molecule has 1 aliphatic carbocycles. The number of carbonyl (C=O) groups is 1. The van der Waals surface area contributed by atoms with Crippen molar-refractivity contribution in [1.82, 2.24) is 10.3 Å². The molecule has 0 spiro atoms. The average Bonchev–Trinajstić information content (AvgIpc) is 2.81. The van der Waals surface area contributed by atoms with Gasteiger partial charge in [0.15, 0.2) is 0 Å². The summed E-state index contributed by atoms with van der Waals surface area (Å²) < 4.78 is 6.42. The van der Waals surface area contributed by atoms with E-state index in [-0.39, 0.29) is 18.0 Å². The maximum atomic E-state index is 13.2. The van der Waals surface area contributed by atoms with Crippen LogP contribution in [0.25, 0.3) is 0 Å². The second-order valence-electron chi connectivity index (χ2n) is 8.72. The van der Waals surface area contributed by atoms with Gasteiger partial charge < -0.3 is 19.9 Å². The van der Waals surface area contributed by atoms with Crippen LogP contribution in [0.3, 0.4) is 0 Å². The van der Waals surface area contributed by atoms with E-state index in [2.05, 4.69) is 44.1 Å². The van der Waals surface area contributed by atoms with E-state index in [4.69, 9.17) is 4.74 Å². The number of benzene rings is 1. The number of ether oxygens (including phenoxy) is 1. The SMILES string of the molecule is CCN(c1cc(Br)cc(C(=O)NCc2c3c(c[nH]c2=O)CCCC3)c1C)C1CCOCC1. The number of pyridine rings is 1. The lowest BCUT2D eigenvalue weighted by Crippen LogP contribution is -2.40. The fraction of sp³-hybridized carbons (Fsp3) is 0.520. The minimum atomic E-state index is -0.152. The van der Waals surface area contributed by atoms with Gasteiger partial charge in [0.25, 0.3) is 11.5 Å². The van der Waals surface area contributed by atoms with Gasteiger partial charge in [0.2, 0.25) is 0 Å². The zero-order chi connectivity index (χ0) is 22.7. The van der Waals surface area contributed by atoms with Crippen molar-refractivity contribution in [2.75, 3.05) is 24.7 Å². The number of hydrogen-bond acceptors (Lipinski definition) is 4. The van der Waals surface area contributed by atoms with Crippen LogP contribution in [0.1, 0.15) is 65.2 Å². The van der Waals surface area contributed by atoms with Gasteiger partial charge in [0.1, 0.15) is 0 Å². The van der Waals surface area contributed by atoms with Crippen LogP contribution in [-0.2, 0) is 24.1 Å². The van der Waals surface area contributed by atoms with Crippen LogP contribution in [-0.4, -0.2) is 36.7 Å². The van der Waals surface area contributed by atoms with Gasteiger partial charge >= 0.3 is 0 Å². The highest BCUT2D eigenvalue weighted by atomic mass is 79.9. The molecule has 2 aliphatic rings. The number of aromatic nitrogens is 1. The summed E-state index contributed by atoms with van der Waals surface area (Å²) in [6, 6.07) is 4.38. The molecule has 172 valence electrons.